The number of carbonyl (C=O) groups excluding carboxylic acids is 9. The van der Waals surface area contributed by atoms with Crippen molar-refractivity contribution >= 4 is 90.7 Å². The van der Waals surface area contributed by atoms with E-state index in [1.807, 2.05) is 0 Å². The van der Waals surface area contributed by atoms with Gasteiger partial charge in [0.15, 0.2) is 5.92 Å². The molecule has 8 unspecified atom stereocenters. The van der Waals surface area contributed by atoms with Gasteiger partial charge >= 0.3 is 61.1 Å². The Morgan fingerprint density at radius 1 is 0.295 bits per heavy atom. The summed E-state index contributed by atoms with van der Waals surface area (Å²) in [6.45, 7) is 37.6. The second kappa shape index (κ2) is 103. The topological polar surface area (TPSA) is 493 Å². The van der Waals surface area contributed by atoms with Crippen molar-refractivity contribution in [3.05, 3.63) is 101 Å². The molecule has 0 radical (unpaired) electrons. The van der Waals surface area contributed by atoms with Crippen molar-refractivity contribution in [1.29, 1.82) is 0 Å². The van der Waals surface area contributed by atoms with Gasteiger partial charge in [0.1, 0.15) is 43.4 Å². The van der Waals surface area contributed by atoms with Crippen molar-refractivity contribution < 1.29 is 145 Å². The molecule has 864 valence electrons. The van der Waals surface area contributed by atoms with E-state index < -0.39 is 129 Å². The van der Waals surface area contributed by atoms with Crippen LogP contribution in [0.1, 0.15) is 375 Å². The second-order valence-electron chi connectivity index (χ2n) is 36.2. The summed E-state index contributed by atoms with van der Waals surface area (Å²) in [5, 5.41) is 22.7. The highest BCUT2D eigenvalue weighted by Crippen LogP contribution is 2.52. The van der Waals surface area contributed by atoms with E-state index in [0.717, 1.165) is 128 Å². The van der Waals surface area contributed by atoms with Gasteiger partial charge in [-0.15, -0.1) is 39.5 Å². The van der Waals surface area contributed by atoms with Gasteiger partial charge in [0.25, 0.3) is 0 Å². The molecule has 5 amide bonds. The van der Waals surface area contributed by atoms with E-state index >= 15 is 0 Å². The summed E-state index contributed by atoms with van der Waals surface area (Å²) in [5.41, 5.74) is 5.54. The molecule has 0 saturated carbocycles. The van der Waals surface area contributed by atoms with Crippen LogP contribution in [0, 0.1) is 11.8 Å². The molecule has 8 N–H and O–H groups in total. The minimum atomic E-state index is -4.46. The van der Waals surface area contributed by atoms with Crippen molar-refractivity contribution in [2.24, 2.45) is 17.6 Å². The van der Waals surface area contributed by atoms with Crippen molar-refractivity contribution in [1.82, 2.24) is 26.6 Å². The second-order valence-corrected chi connectivity index (χ2v) is 42.8. The number of aliphatic carboxylic acids is 1. The van der Waals surface area contributed by atoms with Crippen LogP contribution in [-0.4, -0.2) is 207 Å². The number of carboxylic acid groups (broad SMARTS) is 1. The van der Waals surface area contributed by atoms with Crippen molar-refractivity contribution in [3.8, 4) is 0 Å². The number of phosphoric acid groups is 4. The molecule has 8 atom stereocenters. The molecule has 0 bridgehead atoms. The number of carboxylic acids is 1. The molecule has 0 fully saturated rings. The van der Waals surface area contributed by atoms with Crippen LogP contribution in [0.15, 0.2) is 101 Å². The van der Waals surface area contributed by atoms with E-state index in [0.29, 0.717) is 38.5 Å². The Bertz CT molecular complexity index is 3720. The fourth-order valence-corrected chi connectivity index (χ4v) is 19.3. The molecule has 149 heavy (non-hydrogen) atoms. The van der Waals surface area contributed by atoms with Crippen LogP contribution >= 0.6 is 31.3 Å². The summed E-state index contributed by atoms with van der Waals surface area (Å²) in [6, 6.07) is -2.45. The van der Waals surface area contributed by atoms with Gasteiger partial charge in [0.05, 0.1) is 79.3 Å². The van der Waals surface area contributed by atoms with E-state index in [1.54, 1.807) is 0 Å². The van der Waals surface area contributed by atoms with Crippen LogP contribution in [0.4, 0.5) is 0 Å². The molecule has 0 heterocycles. The SMILES string of the molecule is C=CCOC(=O)C(CCCOP(=O)(OCC=C)OCC=C)C(=O)NCCOP(=O)(OCC=C)OCC(NC(=O)CCCCCCCCCCCCC)C(=O)NCCC(CCCCCCC)OC(C)=O.C=CCOC(=O)C(CCCOP(=O)(OCC=C)OCC=C)C(=O)O.C=CCOP(=O)(OCCN)OCC(NC(=O)CCCCCCCCCCCCC)C(=O)NCCC(CCCCCCC)OC(=O)CCCCCCCCCCC. The molecule has 0 spiro atoms. The number of esters is 4. The molecule has 0 rings (SSSR count). The van der Waals surface area contributed by atoms with Gasteiger partial charge in [0.2, 0.25) is 29.5 Å². The van der Waals surface area contributed by atoms with Gasteiger partial charge in [-0.3, -0.25) is 102 Å². The van der Waals surface area contributed by atoms with E-state index in [2.05, 4.69) is 114 Å². The Morgan fingerprint density at radius 3 is 0.886 bits per heavy atom. The zero-order valence-electron chi connectivity index (χ0n) is 91.8. The van der Waals surface area contributed by atoms with Gasteiger partial charge in [-0.25, -0.2) is 18.3 Å². The van der Waals surface area contributed by atoms with E-state index in [4.69, 9.17) is 84.1 Å². The highest BCUT2D eigenvalue weighted by molar-refractivity contribution is 7.49. The van der Waals surface area contributed by atoms with Gasteiger partial charge in [-0.05, 0) is 70.6 Å². The Kier molecular flexibility index (Phi) is 101. The molecule has 0 aromatic rings. The number of ether oxygens (including phenoxy) is 4. The highest BCUT2D eigenvalue weighted by atomic mass is 31.2. The lowest BCUT2D eigenvalue weighted by molar-refractivity contribution is -0.159. The molecule has 0 aliphatic rings. The molecular formula is C108H196N6O31P4. The highest BCUT2D eigenvalue weighted by Gasteiger charge is 2.36. The first-order valence-corrected chi connectivity index (χ1v) is 60.8. The number of nitrogens with one attached hydrogen (secondary N) is 5. The third-order valence-corrected chi connectivity index (χ3v) is 28.5. The summed E-state index contributed by atoms with van der Waals surface area (Å²) in [7, 11) is -16.3. The number of rotatable bonds is 107. The lowest BCUT2D eigenvalue weighted by atomic mass is 10.0. The van der Waals surface area contributed by atoms with Crippen molar-refractivity contribution in [2.45, 2.75) is 400 Å². The van der Waals surface area contributed by atoms with E-state index in [-0.39, 0.29) is 155 Å². The summed E-state index contributed by atoms with van der Waals surface area (Å²) >= 11 is 0. The molecule has 0 aliphatic carbocycles. The summed E-state index contributed by atoms with van der Waals surface area (Å²) in [5.74, 6) is -8.85. The van der Waals surface area contributed by atoms with Crippen LogP contribution in [0.3, 0.4) is 0 Å². The van der Waals surface area contributed by atoms with Crippen LogP contribution in [0.25, 0.3) is 0 Å². The molecule has 0 saturated heterocycles. The fraction of sp³-hybridized carbons (Fsp3) is 0.759. The number of amides is 5. The Labute approximate surface area is 894 Å². The quantitative estimate of drug-likeness (QED) is 0.00742. The third kappa shape index (κ3) is 89.0. The van der Waals surface area contributed by atoms with E-state index in [1.165, 1.54) is 184 Å². The zero-order chi connectivity index (χ0) is 111. The third-order valence-electron chi connectivity index (χ3n) is 22.8. The minimum Gasteiger partial charge on any atom is -0.481 e. The number of unbranched alkanes of at least 4 members (excludes halogenated alkanes) is 36. The molecular weight excluding hydrogens is 2000 g/mol. The maximum absolute atomic E-state index is 13.9. The lowest BCUT2D eigenvalue weighted by Crippen LogP contribution is -2.49. The smallest absolute Gasteiger partial charge is 0.475 e. The largest absolute Gasteiger partial charge is 0.481 e. The van der Waals surface area contributed by atoms with Crippen LogP contribution in [0.5, 0.6) is 0 Å². The fourth-order valence-electron chi connectivity index (χ4n) is 14.7. The van der Waals surface area contributed by atoms with Crippen LogP contribution in [-0.2, 0) is 139 Å². The molecule has 0 aromatic heterocycles. The van der Waals surface area contributed by atoms with Crippen LogP contribution < -0.4 is 32.3 Å². The van der Waals surface area contributed by atoms with Gasteiger partial charge in [0, 0.05) is 65.2 Å². The number of carbonyl (C=O) groups is 10. The standard InChI is InChI=1S/C49H87N3O15P2.C44H86N3O8P.C15H23O8P/c1-8-14-16-18-19-20-21-22-23-25-27-31-46(54)52-45(48(56)50-33-32-43(67-42(7)53)29-26-24-17-15-9-2)41-66-69(59,63-38-13-6)65-40-34-51-47(55)44(49(57)60-35-10-3)30-28-39-64-68(58,61-36-11-4)62-37-12-5;1-5-9-12-15-17-19-20-22-23-26-29-32-42(48)47-41(39-54-56(51,52-37-8-4)53-38-35-45)44(50)46-36-34-40(31-28-25-14-11-7-3)55-43(49)33-30-27-24-21-18-16-13-10-6-2;1-4-9-20-15(18)13(14(16)17)8-7-12-23-24(19,21-10-5-2)22-11-6-3/h10-13,43-45H,3-6,8-9,14-41H2,1-2,7H3,(H,50,56)(H,51,55)(H,52,54);8,40-41H,4-7,9-39,45H2,1-3H3,(H,46,50)(H,47,48);4-6,13H,1-3,7-12H2,(H,16,17). The maximum Gasteiger partial charge on any atom is 0.475 e. The Balaban J connectivity index is -0.00000237. The molecule has 41 heteroatoms. The lowest BCUT2D eigenvalue weighted by Gasteiger charge is -2.23. The minimum absolute atomic E-state index is 0.0416. The molecule has 0 aromatic carbocycles. The first-order chi connectivity index (χ1) is 71.9. The predicted octanol–water partition coefficient (Wildman–Crippen LogP) is 24.0. The number of phosphoric ester groups is 4. The van der Waals surface area contributed by atoms with Gasteiger partial charge in [-0.1, -0.05) is 328 Å². The van der Waals surface area contributed by atoms with Crippen molar-refractivity contribution in [3.63, 3.8) is 0 Å². The first-order valence-electron chi connectivity index (χ1n) is 54.9. The van der Waals surface area contributed by atoms with Gasteiger partial charge in [-0.2, -0.15) is 0 Å². The number of nitrogens with two attached hydrogens (primary N) is 1. The summed E-state index contributed by atoms with van der Waals surface area (Å²) in [4.78, 5) is 127. The maximum atomic E-state index is 13.9. The number of hydrogen-bond acceptors (Lipinski definition) is 31. The Morgan fingerprint density at radius 2 is 0.570 bits per heavy atom. The summed E-state index contributed by atoms with van der Waals surface area (Å²) in [6.07, 6.45) is 59.6. The first kappa shape index (κ1) is 146. The van der Waals surface area contributed by atoms with Gasteiger partial charge < -0.3 is 56.4 Å². The normalized spacial score (nSPS) is 13.3. The molecule has 37 nitrogen and oxygen atoms in total. The van der Waals surface area contributed by atoms with Crippen molar-refractivity contribution in [2.75, 3.05) is 119 Å². The monoisotopic (exact) mass is 2200 g/mol. The average molecular weight is 2200 g/mol. The average Bonchev–Trinajstić information content (AvgIpc) is 0.847. The number of hydrogen-bond donors (Lipinski definition) is 7. The summed E-state index contributed by atoms with van der Waals surface area (Å²) < 4.78 is 137. The Hall–Kier alpha value is -6.98. The van der Waals surface area contributed by atoms with E-state index in [9.17, 15) is 66.2 Å². The molecule has 0 aliphatic heterocycles. The van der Waals surface area contributed by atoms with Crippen LogP contribution in [0.2, 0.25) is 0 Å². The zero-order valence-corrected chi connectivity index (χ0v) is 95.4. The predicted molar refractivity (Wildman–Crippen MR) is 586 cm³/mol.